The molecule has 14 aromatic rings. The Morgan fingerprint density at radius 2 is 0.602 bits per heavy atom. The second kappa shape index (κ2) is 23.5. The number of benzene rings is 14. The lowest BCUT2D eigenvalue weighted by Gasteiger charge is -2.35. The van der Waals surface area contributed by atoms with Crippen molar-refractivity contribution in [1.82, 2.24) is 0 Å². The first-order valence-corrected chi connectivity index (χ1v) is 33.9. The van der Waals surface area contributed by atoms with Crippen LogP contribution in [-0.2, 0) is 36.5 Å². The van der Waals surface area contributed by atoms with Crippen LogP contribution in [0.4, 0.5) is 42.9 Å². The molecule has 0 saturated heterocycles. The van der Waals surface area contributed by atoms with Crippen molar-refractivity contribution in [3.63, 3.8) is 0 Å². The average Bonchev–Trinajstić information content (AvgIpc) is 1.53. The number of ether oxygens (including phenoxy) is 2. The highest BCUT2D eigenvalue weighted by molar-refractivity contribution is 5.92. The van der Waals surface area contributed by atoms with E-state index in [-0.39, 0.29) is 11.6 Å². The Bertz CT molecular complexity index is 5090. The minimum atomic E-state index is -0.720. The Kier molecular flexibility index (Phi) is 14.1. The minimum Gasteiger partial charge on any atom is -0.457 e. The summed E-state index contributed by atoms with van der Waals surface area (Å²) >= 11 is 0. The number of fused-ring (bicyclic) bond motifs is 8. The van der Waals surface area contributed by atoms with Gasteiger partial charge in [-0.3, -0.25) is 0 Å². The Balaban J connectivity index is 0.707. The van der Waals surface area contributed by atoms with Crippen LogP contribution >= 0.6 is 0 Å². The third-order valence-corrected chi connectivity index (χ3v) is 21.0. The van der Waals surface area contributed by atoms with Crippen molar-refractivity contribution in [3.05, 3.63) is 405 Å². The number of aryl methyl sites for hydroxylation is 6. The highest BCUT2D eigenvalue weighted by atomic mass is 19.1. The van der Waals surface area contributed by atoms with Crippen LogP contribution in [0, 0.1) is 25.5 Å². The fraction of sp³-hybridized carbons (Fsp3) is 0.0870. The predicted molar refractivity (Wildman–Crippen MR) is 393 cm³/mol. The molecule has 4 nitrogen and oxygen atoms in total. The summed E-state index contributed by atoms with van der Waals surface area (Å²) in [4.78, 5) is 4.31. The minimum absolute atomic E-state index is 0.326. The van der Waals surface area contributed by atoms with Gasteiger partial charge in [0.15, 0.2) is 0 Å². The van der Waals surface area contributed by atoms with Gasteiger partial charge in [-0.05, 0) is 273 Å². The molecule has 470 valence electrons. The maximum atomic E-state index is 15.7. The zero-order valence-corrected chi connectivity index (χ0v) is 54.3. The topological polar surface area (TPSA) is 24.9 Å². The Morgan fingerprint density at radius 1 is 0.265 bits per heavy atom. The first-order chi connectivity index (χ1) is 48.1. The number of hydrogen-bond donors (Lipinski definition) is 0. The lowest BCUT2D eigenvalue weighted by Crippen LogP contribution is -2.28. The van der Waals surface area contributed by atoms with Crippen molar-refractivity contribution >= 4 is 34.1 Å². The fourth-order valence-corrected chi connectivity index (χ4v) is 16.0. The molecule has 0 aliphatic heterocycles. The molecule has 98 heavy (non-hydrogen) atoms. The summed E-state index contributed by atoms with van der Waals surface area (Å²) in [6, 6.07) is 110. The standard InChI is InChI=1S/C92H66F2N2O2/c1-59-17-31-67(32-18-59)91(69-35-47-79(48-36-69)97-81-45-29-63-21-23-65(63)53-81)87-15-5-3-13-83(87)85-51-43-77(57-89(85)91)95(75-11-7-9-71(93)55-75)73-39-25-61(26-40-73)62-27-41-74(42-28-62)96(76-12-8-10-72(94)56-76)78-44-52-86-84-14-4-6-16-88(84)92(90(86)58-78,68-33-19-60(2)20-34-68)70-37-49-80(50-38-70)98-82-46-30-64-22-24-66(64)54-82/h3-20,25-58H,21-24H2,1-2H3. The van der Waals surface area contributed by atoms with E-state index in [1.54, 1.807) is 24.3 Å². The third kappa shape index (κ3) is 9.76. The van der Waals surface area contributed by atoms with Gasteiger partial charge >= 0.3 is 0 Å². The summed E-state index contributed by atoms with van der Waals surface area (Å²) in [5, 5.41) is 0. The summed E-state index contributed by atoms with van der Waals surface area (Å²) in [6.07, 6.45) is 4.42. The van der Waals surface area contributed by atoms with E-state index in [2.05, 4.69) is 291 Å². The maximum Gasteiger partial charge on any atom is 0.127 e. The molecule has 0 radical (unpaired) electrons. The van der Waals surface area contributed by atoms with Gasteiger partial charge < -0.3 is 19.3 Å². The van der Waals surface area contributed by atoms with Gasteiger partial charge in [0.1, 0.15) is 34.6 Å². The van der Waals surface area contributed by atoms with Gasteiger partial charge in [-0.1, -0.05) is 193 Å². The van der Waals surface area contributed by atoms with Crippen LogP contribution in [0.5, 0.6) is 23.0 Å². The quantitative estimate of drug-likeness (QED) is 0.102. The van der Waals surface area contributed by atoms with Crippen molar-refractivity contribution in [2.45, 2.75) is 50.4 Å². The van der Waals surface area contributed by atoms with Crippen molar-refractivity contribution in [1.29, 1.82) is 0 Å². The van der Waals surface area contributed by atoms with Gasteiger partial charge in [-0.2, -0.15) is 0 Å². The van der Waals surface area contributed by atoms with Gasteiger partial charge in [0.25, 0.3) is 0 Å². The van der Waals surface area contributed by atoms with Gasteiger partial charge in [0.2, 0.25) is 0 Å². The Morgan fingerprint density at radius 3 is 0.969 bits per heavy atom. The smallest absolute Gasteiger partial charge is 0.127 e. The number of rotatable bonds is 15. The number of halogens is 2. The van der Waals surface area contributed by atoms with E-state index >= 15 is 8.78 Å². The largest absolute Gasteiger partial charge is 0.457 e. The van der Waals surface area contributed by atoms with Crippen LogP contribution in [0.1, 0.15) is 77.9 Å². The molecule has 0 bridgehead atoms. The van der Waals surface area contributed by atoms with E-state index in [0.29, 0.717) is 11.4 Å². The summed E-state index contributed by atoms with van der Waals surface area (Å²) in [7, 11) is 0. The third-order valence-electron chi connectivity index (χ3n) is 21.0. The molecule has 0 saturated carbocycles. The molecular formula is C92H66F2N2O2. The second-order valence-electron chi connectivity index (χ2n) is 26.6. The summed E-state index contributed by atoms with van der Waals surface area (Å²) in [6.45, 7) is 4.26. The first-order valence-electron chi connectivity index (χ1n) is 33.9. The van der Waals surface area contributed by atoms with Crippen LogP contribution < -0.4 is 19.3 Å². The number of hydrogen-bond acceptors (Lipinski definition) is 4. The molecule has 4 aliphatic rings. The van der Waals surface area contributed by atoms with E-state index in [1.165, 1.54) is 67.8 Å². The molecule has 0 aromatic heterocycles. The summed E-state index contributed by atoms with van der Waals surface area (Å²) in [5.41, 5.74) is 27.1. The van der Waals surface area contributed by atoms with Gasteiger partial charge in [0.05, 0.1) is 10.8 Å². The maximum absolute atomic E-state index is 15.7. The van der Waals surface area contributed by atoms with Gasteiger partial charge in [0, 0.05) is 34.1 Å². The van der Waals surface area contributed by atoms with Crippen molar-refractivity contribution in [3.8, 4) is 56.4 Å². The van der Waals surface area contributed by atoms with E-state index in [1.807, 2.05) is 12.1 Å². The molecule has 2 atom stereocenters. The van der Waals surface area contributed by atoms with Crippen LogP contribution in [0.3, 0.4) is 0 Å². The van der Waals surface area contributed by atoms with Crippen LogP contribution in [0.25, 0.3) is 33.4 Å². The Labute approximate surface area is 570 Å². The number of nitrogens with zero attached hydrogens (tertiary/aromatic N) is 2. The molecular weight excluding hydrogens is 1200 g/mol. The highest BCUT2D eigenvalue weighted by Gasteiger charge is 2.48. The van der Waals surface area contributed by atoms with E-state index in [9.17, 15) is 0 Å². The Hall–Kier alpha value is -11.9. The van der Waals surface area contributed by atoms with E-state index in [4.69, 9.17) is 9.47 Å². The fourth-order valence-electron chi connectivity index (χ4n) is 16.0. The first kappa shape index (κ1) is 58.7. The lowest BCUT2D eigenvalue weighted by molar-refractivity contribution is 0.480. The summed E-state index contributed by atoms with van der Waals surface area (Å²) in [5.74, 6) is 2.59. The van der Waals surface area contributed by atoms with E-state index < -0.39 is 10.8 Å². The van der Waals surface area contributed by atoms with E-state index in [0.717, 1.165) is 127 Å². The zero-order chi connectivity index (χ0) is 65.6. The van der Waals surface area contributed by atoms with Crippen LogP contribution in [-0.4, -0.2) is 0 Å². The highest BCUT2D eigenvalue weighted by Crippen LogP contribution is 2.60. The molecule has 0 heterocycles. The number of anilines is 6. The molecule has 6 heteroatoms. The monoisotopic (exact) mass is 1270 g/mol. The molecule has 14 aromatic carbocycles. The molecule has 18 rings (SSSR count). The average molecular weight is 1270 g/mol. The van der Waals surface area contributed by atoms with Crippen LogP contribution in [0.15, 0.2) is 315 Å². The second-order valence-corrected chi connectivity index (χ2v) is 26.6. The molecule has 2 unspecified atom stereocenters. The molecule has 4 aliphatic carbocycles. The lowest BCUT2D eigenvalue weighted by atomic mass is 9.67. The van der Waals surface area contributed by atoms with Gasteiger partial charge in [-0.25, -0.2) is 8.78 Å². The molecule has 0 fully saturated rings. The SMILES string of the molecule is Cc1ccc(C2(c3ccc(Oc4ccc5c(c4)CC5)cc3)c3ccccc3-c3ccc(N(c4ccc(-c5ccc(N(c6cccc(F)c6)c6ccc7c(c6)C(c6ccc(C)cc6)(c6ccc(Oc8ccc9c(c8)CC9)cc6)c6ccccc6-7)cc5)cc4)c4cccc(F)c4)cc32)cc1. The normalized spacial score (nSPS) is 15.7. The van der Waals surface area contributed by atoms with Crippen molar-refractivity contribution < 1.29 is 18.3 Å². The van der Waals surface area contributed by atoms with Crippen molar-refractivity contribution in [2.75, 3.05) is 9.80 Å². The molecule has 0 spiro atoms. The predicted octanol–water partition coefficient (Wildman–Crippen LogP) is 23.7. The van der Waals surface area contributed by atoms with Crippen molar-refractivity contribution in [2.24, 2.45) is 0 Å². The summed E-state index contributed by atoms with van der Waals surface area (Å²) < 4.78 is 44.5. The molecule has 0 N–H and O–H groups in total. The van der Waals surface area contributed by atoms with Gasteiger partial charge in [-0.15, -0.1) is 0 Å². The van der Waals surface area contributed by atoms with Crippen LogP contribution in [0.2, 0.25) is 0 Å². The zero-order valence-electron chi connectivity index (χ0n) is 54.3. The molecule has 0 amide bonds.